The molecule has 1 atom stereocenters. The Morgan fingerprint density at radius 3 is 2.79 bits per heavy atom. The van der Waals surface area contributed by atoms with Gasteiger partial charge in [0.25, 0.3) is 0 Å². The van der Waals surface area contributed by atoms with E-state index in [1.165, 1.54) is 12.8 Å². The third-order valence-corrected chi connectivity index (χ3v) is 3.35. The van der Waals surface area contributed by atoms with Gasteiger partial charge in [0.15, 0.2) is 0 Å². The molecule has 1 aromatic rings. The van der Waals surface area contributed by atoms with E-state index >= 15 is 0 Å². The summed E-state index contributed by atoms with van der Waals surface area (Å²) in [5.41, 5.74) is 5.65. The average Bonchev–Trinajstić information content (AvgIpc) is 2.37. The van der Waals surface area contributed by atoms with Crippen LogP contribution in [0.3, 0.4) is 0 Å². The lowest BCUT2D eigenvalue weighted by atomic mass is 10.0. The first-order valence-electron chi connectivity index (χ1n) is 6.58. The van der Waals surface area contributed by atoms with Gasteiger partial charge in [0, 0.05) is 20.1 Å². The smallest absolute Gasteiger partial charge is 0.323 e. The van der Waals surface area contributed by atoms with Crippen LogP contribution in [0.1, 0.15) is 19.3 Å². The molecule has 1 aromatic heterocycles. The lowest BCUT2D eigenvalue weighted by Crippen LogP contribution is -2.40. The molecule has 7 nitrogen and oxygen atoms in total. The molecule has 19 heavy (non-hydrogen) atoms. The predicted octanol–water partition coefficient (Wildman–Crippen LogP) is 0.383. The minimum absolute atomic E-state index is 0.186. The van der Waals surface area contributed by atoms with Gasteiger partial charge >= 0.3 is 6.01 Å². The van der Waals surface area contributed by atoms with Crippen molar-refractivity contribution in [2.45, 2.75) is 25.3 Å². The molecule has 0 saturated carbocycles. The van der Waals surface area contributed by atoms with Gasteiger partial charge in [-0.05, 0) is 26.4 Å². The SMILES string of the molecule is CN(C)c1nc(N)nc(OCC2CCCCN2C)n1. The normalized spacial score (nSPS) is 20.3. The lowest BCUT2D eigenvalue weighted by molar-refractivity contribution is 0.120. The molecule has 0 aromatic carbocycles. The molecule has 0 amide bonds. The Balaban J connectivity index is 1.98. The number of hydrogen-bond donors (Lipinski definition) is 1. The Bertz CT molecular complexity index is 425. The Morgan fingerprint density at radius 1 is 1.32 bits per heavy atom. The molecule has 1 aliphatic heterocycles. The zero-order chi connectivity index (χ0) is 13.8. The van der Waals surface area contributed by atoms with Crippen molar-refractivity contribution in [1.82, 2.24) is 19.9 Å². The van der Waals surface area contributed by atoms with Crippen LogP contribution in [0.2, 0.25) is 0 Å². The van der Waals surface area contributed by atoms with Crippen LogP contribution >= 0.6 is 0 Å². The maximum atomic E-state index is 5.68. The summed E-state index contributed by atoms with van der Waals surface area (Å²) < 4.78 is 5.68. The summed E-state index contributed by atoms with van der Waals surface area (Å²) in [6, 6.07) is 0.727. The highest BCUT2D eigenvalue weighted by Crippen LogP contribution is 2.17. The summed E-state index contributed by atoms with van der Waals surface area (Å²) >= 11 is 0. The van der Waals surface area contributed by atoms with E-state index in [0.717, 1.165) is 13.0 Å². The third kappa shape index (κ3) is 3.66. The highest BCUT2D eigenvalue weighted by atomic mass is 16.5. The molecule has 1 fully saturated rings. The molecule has 2 rings (SSSR count). The van der Waals surface area contributed by atoms with Crippen LogP contribution in [0.4, 0.5) is 11.9 Å². The van der Waals surface area contributed by atoms with Crippen molar-refractivity contribution in [3.8, 4) is 6.01 Å². The Labute approximate surface area is 113 Å². The van der Waals surface area contributed by atoms with Gasteiger partial charge < -0.3 is 20.3 Å². The number of ether oxygens (including phenoxy) is 1. The largest absolute Gasteiger partial charge is 0.462 e. The van der Waals surface area contributed by atoms with Crippen molar-refractivity contribution < 1.29 is 4.74 Å². The third-order valence-electron chi connectivity index (χ3n) is 3.35. The number of nitrogen functional groups attached to an aromatic ring is 1. The standard InChI is InChI=1S/C12H22N6O/c1-17(2)11-14-10(13)15-12(16-11)19-8-9-6-4-5-7-18(9)3/h9H,4-8H2,1-3H3,(H2,13,14,15,16). The van der Waals surface area contributed by atoms with Crippen molar-refractivity contribution >= 4 is 11.9 Å². The van der Waals surface area contributed by atoms with Crippen molar-refractivity contribution in [3.05, 3.63) is 0 Å². The lowest BCUT2D eigenvalue weighted by Gasteiger charge is -2.31. The van der Waals surface area contributed by atoms with Gasteiger partial charge in [-0.25, -0.2) is 0 Å². The van der Waals surface area contributed by atoms with E-state index in [4.69, 9.17) is 10.5 Å². The molecule has 0 aliphatic carbocycles. The van der Waals surface area contributed by atoms with Crippen molar-refractivity contribution in [2.24, 2.45) is 0 Å². The van der Waals surface area contributed by atoms with Crippen molar-refractivity contribution in [2.75, 3.05) is 44.9 Å². The number of nitrogens with two attached hydrogens (primary N) is 1. The van der Waals surface area contributed by atoms with Gasteiger partial charge in [-0.15, -0.1) is 0 Å². The highest BCUT2D eigenvalue weighted by Gasteiger charge is 2.20. The minimum Gasteiger partial charge on any atom is -0.462 e. The molecule has 1 aliphatic rings. The second-order valence-corrected chi connectivity index (χ2v) is 5.11. The van der Waals surface area contributed by atoms with Crippen molar-refractivity contribution in [1.29, 1.82) is 0 Å². The van der Waals surface area contributed by atoms with E-state index in [9.17, 15) is 0 Å². The summed E-state index contributed by atoms with van der Waals surface area (Å²) in [5.74, 6) is 0.699. The number of rotatable bonds is 4. The molecule has 2 N–H and O–H groups in total. The van der Waals surface area contributed by atoms with Gasteiger partial charge in [0.1, 0.15) is 6.61 Å². The number of nitrogens with zero attached hydrogens (tertiary/aromatic N) is 5. The van der Waals surface area contributed by atoms with E-state index in [-0.39, 0.29) is 5.95 Å². The summed E-state index contributed by atoms with van der Waals surface area (Å²) in [6.45, 7) is 1.71. The van der Waals surface area contributed by atoms with E-state index in [2.05, 4.69) is 26.9 Å². The van der Waals surface area contributed by atoms with Gasteiger partial charge in [-0.3, -0.25) is 0 Å². The minimum atomic E-state index is 0.186. The maximum Gasteiger partial charge on any atom is 0.323 e. The first-order chi connectivity index (χ1) is 9.06. The van der Waals surface area contributed by atoms with Crippen LogP contribution in [0.5, 0.6) is 6.01 Å². The Hall–Kier alpha value is -1.63. The van der Waals surface area contributed by atoms with E-state index < -0.39 is 0 Å². The van der Waals surface area contributed by atoms with Crippen LogP contribution in [0, 0.1) is 0 Å². The van der Waals surface area contributed by atoms with Gasteiger partial charge in [0.2, 0.25) is 11.9 Å². The monoisotopic (exact) mass is 266 g/mol. The fourth-order valence-electron chi connectivity index (χ4n) is 2.15. The maximum absolute atomic E-state index is 5.68. The number of piperidine rings is 1. The Kier molecular flexibility index (Phi) is 4.36. The number of likely N-dealkylation sites (N-methyl/N-ethyl adjacent to an activating group) is 1. The zero-order valence-corrected chi connectivity index (χ0v) is 11.8. The Morgan fingerprint density at radius 2 is 2.11 bits per heavy atom. The van der Waals surface area contributed by atoms with E-state index in [1.807, 2.05) is 14.1 Å². The molecule has 106 valence electrons. The van der Waals surface area contributed by atoms with E-state index in [0.29, 0.717) is 24.6 Å². The first-order valence-corrected chi connectivity index (χ1v) is 6.58. The average molecular weight is 266 g/mol. The molecule has 2 heterocycles. The van der Waals surface area contributed by atoms with Gasteiger partial charge in [0.05, 0.1) is 0 Å². The first kappa shape index (κ1) is 13.8. The molecule has 1 saturated heterocycles. The number of aromatic nitrogens is 3. The zero-order valence-electron chi connectivity index (χ0n) is 11.8. The van der Waals surface area contributed by atoms with Crippen LogP contribution in [-0.4, -0.2) is 60.2 Å². The fraction of sp³-hybridized carbons (Fsp3) is 0.750. The quantitative estimate of drug-likeness (QED) is 0.844. The molecule has 0 bridgehead atoms. The summed E-state index contributed by atoms with van der Waals surface area (Å²) in [6.07, 6.45) is 3.66. The van der Waals surface area contributed by atoms with Crippen LogP contribution in [0.25, 0.3) is 0 Å². The number of likely N-dealkylation sites (tertiary alicyclic amines) is 1. The van der Waals surface area contributed by atoms with Crippen LogP contribution in [-0.2, 0) is 0 Å². The van der Waals surface area contributed by atoms with Gasteiger partial charge in [-0.1, -0.05) is 6.42 Å². The molecule has 0 spiro atoms. The molecule has 0 radical (unpaired) electrons. The van der Waals surface area contributed by atoms with Crippen LogP contribution < -0.4 is 15.4 Å². The highest BCUT2D eigenvalue weighted by molar-refractivity contribution is 5.33. The summed E-state index contributed by atoms with van der Waals surface area (Å²) in [5, 5.41) is 0. The molecule has 7 heteroatoms. The molecule has 1 unspecified atom stereocenters. The summed E-state index contributed by atoms with van der Waals surface area (Å²) in [4.78, 5) is 16.4. The van der Waals surface area contributed by atoms with Crippen LogP contribution in [0.15, 0.2) is 0 Å². The fourth-order valence-corrected chi connectivity index (χ4v) is 2.15. The topological polar surface area (TPSA) is 80.4 Å². The molecular formula is C12H22N6O. The van der Waals surface area contributed by atoms with Crippen molar-refractivity contribution in [3.63, 3.8) is 0 Å². The predicted molar refractivity (Wildman–Crippen MR) is 74.3 cm³/mol. The summed E-state index contributed by atoms with van der Waals surface area (Å²) in [7, 11) is 5.83. The number of anilines is 2. The second kappa shape index (κ2) is 6.01. The van der Waals surface area contributed by atoms with Gasteiger partial charge in [-0.2, -0.15) is 15.0 Å². The molecular weight excluding hydrogens is 244 g/mol. The van der Waals surface area contributed by atoms with E-state index in [1.54, 1.807) is 4.90 Å². The second-order valence-electron chi connectivity index (χ2n) is 5.11. The number of hydrogen-bond acceptors (Lipinski definition) is 7.